The predicted octanol–water partition coefficient (Wildman–Crippen LogP) is 0.249. The molecular weight excluding hydrogens is 153 g/mol. The summed E-state index contributed by atoms with van der Waals surface area (Å²) in [7, 11) is -4.03. The molecule has 0 aromatic heterocycles. The van der Waals surface area contributed by atoms with Gasteiger partial charge in [0.25, 0.3) is 0 Å². The molecule has 0 amide bonds. The van der Waals surface area contributed by atoms with Gasteiger partial charge in [0.05, 0.1) is 0 Å². The Morgan fingerprint density at radius 1 is 1.80 bits per heavy atom. The number of rotatable bonds is 2. The molecular formula is C5H12NO3P. The van der Waals surface area contributed by atoms with E-state index in [-0.39, 0.29) is 5.92 Å². The lowest BCUT2D eigenvalue weighted by Gasteiger charge is -2.11. The quantitative estimate of drug-likeness (QED) is 0.512. The molecule has 0 spiro atoms. The smallest absolute Gasteiger partial charge is 0.323 e. The first-order valence-corrected chi connectivity index (χ1v) is 4.87. The van der Waals surface area contributed by atoms with E-state index in [9.17, 15) is 4.57 Å². The third kappa shape index (κ3) is 1.01. The minimum atomic E-state index is -4.03. The lowest BCUT2D eigenvalue weighted by atomic mass is 10.3. The summed E-state index contributed by atoms with van der Waals surface area (Å²) in [4.78, 5) is 17.4. The Balaban J connectivity index is 2.68. The van der Waals surface area contributed by atoms with Gasteiger partial charge in [-0.05, 0) is 12.3 Å². The van der Waals surface area contributed by atoms with Crippen molar-refractivity contribution in [2.45, 2.75) is 25.0 Å². The Kier molecular flexibility index (Phi) is 1.68. The SMILES string of the molecule is CCC1CC1(N)P(=O)(O)O. The average Bonchev–Trinajstić information content (AvgIpc) is 2.41. The maximum absolute atomic E-state index is 10.7. The first-order chi connectivity index (χ1) is 4.42. The molecule has 4 N–H and O–H groups in total. The highest BCUT2D eigenvalue weighted by molar-refractivity contribution is 7.54. The van der Waals surface area contributed by atoms with Crippen molar-refractivity contribution in [2.24, 2.45) is 11.7 Å². The topological polar surface area (TPSA) is 83.6 Å². The summed E-state index contributed by atoms with van der Waals surface area (Å²) in [5, 5.41) is -1.18. The van der Waals surface area contributed by atoms with Gasteiger partial charge in [0, 0.05) is 0 Å². The fourth-order valence-corrected chi connectivity index (χ4v) is 2.31. The molecule has 0 aliphatic heterocycles. The number of hydrogen-bond donors (Lipinski definition) is 3. The van der Waals surface area contributed by atoms with Crippen LogP contribution in [0.3, 0.4) is 0 Å². The third-order valence-electron chi connectivity index (χ3n) is 2.16. The summed E-state index contributed by atoms with van der Waals surface area (Å²) in [5.74, 6) is 0.0216. The lowest BCUT2D eigenvalue weighted by molar-refractivity contribution is 0.350. The summed E-state index contributed by atoms with van der Waals surface area (Å²) in [6, 6.07) is 0. The van der Waals surface area contributed by atoms with Crippen molar-refractivity contribution in [3.05, 3.63) is 0 Å². The molecule has 1 rings (SSSR count). The fraction of sp³-hybridized carbons (Fsp3) is 1.00. The Hall–Kier alpha value is 0.110. The highest BCUT2D eigenvalue weighted by atomic mass is 31.2. The third-order valence-corrected chi connectivity index (χ3v) is 3.79. The average molecular weight is 165 g/mol. The van der Waals surface area contributed by atoms with Gasteiger partial charge in [-0.1, -0.05) is 13.3 Å². The Labute approximate surface area is 59.6 Å². The van der Waals surface area contributed by atoms with Gasteiger partial charge in [-0.15, -0.1) is 0 Å². The summed E-state index contributed by atoms with van der Waals surface area (Å²) >= 11 is 0. The van der Waals surface area contributed by atoms with Crippen LogP contribution in [0, 0.1) is 5.92 Å². The maximum Gasteiger partial charge on any atom is 0.345 e. The van der Waals surface area contributed by atoms with Crippen LogP contribution in [0.15, 0.2) is 0 Å². The van der Waals surface area contributed by atoms with Crippen LogP contribution >= 0.6 is 7.60 Å². The van der Waals surface area contributed by atoms with Gasteiger partial charge in [-0.25, -0.2) is 0 Å². The van der Waals surface area contributed by atoms with E-state index in [1.54, 1.807) is 0 Å². The summed E-state index contributed by atoms with van der Waals surface area (Å²) in [6.07, 6.45) is 1.22. The molecule has 5 heteroatoms. The minimum absolute atomic E-state index is 0.0216. The van der Waals surface area contributed by atoms with Crippen molar-refractivity contribution in [2.75, 3.05) is 0 Å². The second-order valence-electron chi connectivity index (χ2n) is 2.84. The van der Waals surface area contributed by atoms with Crippen LogP contribution in [0.5, 0.6) is 0 Å². The largest absolute Gasteiger partial charge is 0.345 e. The second kappa shape index (κ2) is 2.05. The maximum atomic E-state index is 10.7. The zero-order valence-corrected chi connectivity index (χ0v) is 6.71. The molecule has 0 aromatic rings. The molecule has 60 valence electrons. The molecule has 2 atom stereocenters. The van der Waals surface area contributed by atoms with Crippen molar-refractivity contribution >= 4 is 7.60 Å². The lowest BCUT2D eigenvalue weighted by Crippen LogP contribution is -2.24. The Morgan fingerprint density at radius 2 is 2.30 bits per heavy atom. The molecule has 0 aromatic carbocycles. The molecule has 4 nitrogen and oxygen atoms in total. The van der Waals surface area contributed by atoms with E-state index in [2.05, 4.69) is 0 Å². The fourth-order valence-electron chi connectivity index (χ4n) is 1.19. The van der Waals surface area contributed by atoms with Gasteiger partial charge in [0.2, 0.25) is 0 Å². The molecule has 1 aliphatic rings. The molecule has 1 fully saturated rings. The van der Waals surface area contributed by atoms with Crippen LogP contribution in [0.1, 0.15) is 19.8 Å². The molecule has 0 radical (unpaired) electrons. The van der Waals surface area contributed by atoms with E-state index in [1.165, 1.54) is 0 Å². The van der Waals surface area contributed by atoms with E-state index < -0.39 is 12.9 Å². The molecule has 0 saturated heterocycles. The van der Waals surface area contributed by atoms with E-state index in [0.29, 0.717) is 6.42 Å². The monoisotopic (exact) mass is 165 g/mol. The van der Waals surface area contributed by atoms with E-state index in [0.717, 1.165) is 6.42 Å². The zero-order valence-electron chi connectivity index (χ0n) is 5.82. The first-order valence-electron chi connectivity index (χ1n) is 3.26. The molecule has 2 unspecified atom stereocenters. The van der Waals surface area contributed by atoms with Crippen LogP contribution in [0.4, 0.5) is 0 Å². The Morgan fingerprint density at radius 3 is 2.40 bits per heavy atom. The van der Waals surface area contributed by atoms with Gasteiger partial charge in [0.15, 0.2) is 0 Å². The van der Waals surface area contributed by atoms with E-state index >= 15 is 0 Å². The second-order valence-corrected chi connectivity index (χ2v) is 4.77. The normalized spacial score (nSPS) is 39.8. The van der Waals surface area contributed by atoms with Gasteiger partial charge < -0.3 is 15.5 Å². The van der Waals surface area contributed by atoms with Gasteiger partial charge in [0.1, 0.15) is 5.28 Å². The summed E-state index contributed by atoms with van der Waals surface area (Å²) in [5.41, 5.74) is 5.42. The van der Waals surface area contributed by atoms with E-state index in [4.69, 9.17) is 15.5 Å². The molecule has 10 heavy (non-hydrogen) atoms. The van der Waals surface area contributed by atoms with Crippen molar-refractivity contribution in [3.8, 4) is 0 Å². The molecule has 1 aliphatic carbocycles. The highest BCUT2D eigenvalue weighted by Crippen LogP contribution is 2.65. The van der Waals surface area contributed by atoms with Crippen LogP contribution in [0.25, 0.3) is 0 Å². The minimum Gasteiger partial charge on any atom is -0.323 e. The van der Waals surface area contributed by atoms with Crippen LogP contribution in [0.2, 0.25) is 0 Å². The number of hydrogen-bond acceptors (Lipinski definition) is 2. The van der Waals surface area contributed by atoms with Crippen molar-refractivity contribution < 1.29 is 14.4 Å². The first kappa shape index (κ1) is 8.21. The van der Waals surface area contributed by atoms with Crippen molar-refractivity contribution in [1.29, 1.82) is 0 Å². The summed E-state index contributed by atoms with van der Waals surface area (Å²) < 4.78 is 10.7. The van der Waals surface area contributed by atoms with Crippen LogP contribution in [-0.4, -0.2) is 15.1 Å². The van der Waals surface area contributed by atoms with Gasteiger partial charge >= 0.3 is 7.60 Å². The van der Waals surface area contributed by atoms with E-state index in [1.807, 2.05) is 6.92 Å². The summed E-state index contributed by atoms with van der Waals surface area (Å²) in [6.45, 7) is 1.88. The zero-order chi connectivity index (χ0) is 7.99. The standard InChI is InChI=1S/C5H12NO3P/c1-2-4-3-5(4,6)10(7,8)9/h4H,2-3,6H2,1H3,(H2,7,8,9). The van der Waals surface area contributed by atoms with Gasteiger partial charge in [-0.3, -0.25) is 4.57 Å². The van der Waals surface area contributed by atoms with Crippen LogP contribution < -0.4 is 5.73 Å². The molecule has 1 saturated carbocycles. The Bertz CT molecular complexity index is 189. The molecule has 0 heterocycles. The van der Waals surface area contributed by atoms with Crippen molar-refractivity contribution in [1.82, 2.24) is 0 Å². The predicted molar refractivity (Wildman–Crippen MR) is 37.4 cm³/mol. The van der Waals surface area contributed by atoms with Crippen molar-refractivity contribution in [3.63, 3.8) is 0 Å². The van der Waals surface area contributed by atoms with Gasteiger partial charge in [-0.2, -0.15) is 0 Å². The molecule has 0 bridgehead atoms. The highest BCUT2D eigenvalue weighted by Gasteiger charge is 2.61. The number of nitrogens with two attached hydrogens (primary N) is 1. The van der Waals surface area contributed by atoms with Crippen LogP contribution in [-0.2, 0) is 4.57 Å².